The number of aromatic nitrogens is 3. The zero-order valence-corrected chi connectivity index (χ0v) is 18.7. The number of H-pyrrole nitrogens is 1. The molecule has 1 atom stereocenters. The summed E-state index contributed by atoms with van der Waals surface area (Å²) >= 11 is 0. The van der Waals surface area contributed by atoms with Gasteiger partial charge in [-0.15, -0.1) is 0 Å². The van der Waals surface area contributed by atoms with Gasteiger partial charge < -0.3 is 20.2 Å². The van der Waals surface area contributed by atoms with E-state index in [1.807, 2.05) is 42.1 Å². The van der Waals surface area contributed by atoms with E-state index in [4.69, 9.17) is 0 Å². The number of carbonyl (C=O) groups is 1. The lowest BCUT2D eigenvalue weighted by atomic mass is 9.90. The Labute approximate surface area is 182 Å². The minimum absolute atomic E-state index is 0.0711. The lowest BCUT2D eigenvalue weighted by molar-refractivity contribution is 0.0925. The Kier molecular flexibility index (Phi) is 6.15. The predicted octanol–water partition coefficient (Wildman–Crippen LogP) is 2.42. The second-order valence-corrected chi connectivity index (χ2v) is 10.8. The Balaban J connectivity index is 1.40. The van der Waals surface area contributed by atoms with Gasteiger partial charge in [0.1, 0.15) is 9.84 Å². The monoisotopic (exact) mass is 443 g/mol. The molecule has 2 aromatic heterocycles. The number of hydrogen-bond acceptors (Lipinski definition) is 5. The van der Waals surface area contributed by atoms with Gasteiger partial charge in [-0.2, -0.15) is 0 Å². The number of rotatable bonds is 7. The number of sulfone groups is 1. The molecule has 3 aromatic rings. The Morgan fingerprint density at radius 3 is 2.68 bits per heavy atom. The molecule has 1 aromatic carbocycles. The molecule has 0 radical (unpaired) electrons. The van der Waals surface area contributed by atoms with Crippen LogP contribution in [0.3, 0.4) is 0 Å². The summed E-state index contributed by atoms with van der Waals surface area (Å²) in [6.07, 6.45) is 11.9. The Bertz CT molecular complexity index is 1150. The quantitative estimate of drug-likeness (QED) is 0.520. The van der Waals surface area contributed by atoms with Gasteiger partial charge in [0.25, 0.3) is 5.91 Å². The van der Waals surface area contributed by atoms with E-state index in [1.54, 1.807) is 12.5 Å². The van der Waals surface area contributed by atoms with Crippen molar-refractivity contribution >= 4 is 26.6 Å². The molecule has 1 aliphatic carbocycles. The van der Waals surface area contributed by atoms with Gasteiger partial charge in [-0.05, 0) is 50.8 Å². The van der Waals surface area contributed by atoms with Crippen LogP contribution in [-0.2, 0) is 9.84 Å². The van der Waals surface area contributed by atoms with E-state index in [1.165, 1.54) is 6.26 Å². The fraction of sp³-hybridized carbons (Fsp3) is 0.455. The van der Waals surface area contributed by atoms with Crippen molar-refractivity contribution in [3.05, 3.63) is 48.7 Å². The lowest BCUT2D eigenvalue weighted by Crippen LogP contribution is -2.46. The van der Waals surface area contributed by atoms with Crippen molar-refractivity contribution in [2.75, 3.05) is 12.0 Å². The van der Waals surface area contributed by atoms with E-state index in [-0.39, 0.29) is 29.8 Å². The highest BCUT2D eigenvalue weighted by atomic mass is 32.2. The first-order valence-corrected chi connectivity index (χ1v) is 12.7. The molecule has 4 rings (SSSR count). The van der Waals surface area contributed by atoms with Crippen LogP contribution >= 0.6 is 0 Å². The third-order valence-electron chi connectivity index (χ3n) is 5.83. The van der Waals surface area contributed by atoms with Gasteiger partial charge in [-0.3, -0.25) is 4.79 Å². The standard InChI is InChI=1S/C22H29N5O3S/c1-15(13-31(2,29)30)25-17-3-5-18(6-4-17)26-22(28)20-12-19(27-10-9-23-14-27)11-16-7-8-24-21(16)20/h7-12,14-15,17-18,24-25H,3-6,13H2,1-2H3,(H,26,28)/t15-,17?,18?/m0/s1. The van der Waals surface area contributed by atoms with Crippen LogP contribution in [0, 0.1) is 0 Å². The van der Waals surface area contributed by atoms with Crippen LogP contribution in [0.25, 0.3) is 16.6 Å². The van der Waals surface area contributed by atoms with E-state index >= 15 is 0 Å². The molecule has 8 nitrogen and oxygen atoms in total. The third-order valence-corrected chi connectivity index (χ3v) is 6.93. The van der Waals surface area contributed by atoms with Crippen LogP contribution in [0.15, 0.2) is 43.1 Å². The predicted molar refractivity (Wildman–Crippen MR) is 121 cm³/mol. The van der Waals surface area contributed by atoms with Crippen LogP contribution in [0.1, 0.15) is 43.0 Å². The Hall–Kier alpha value is -2.65. The maximum absolute atomic E-state index is 13.1. The van der Waals surface area contributed by atoms with Crippen molar-refractivity contribution in [1.29, 1.82) is 0 Å². The normalized spacial score (nSPS) is 20.6. The van der Waals surface area contributed by atoms with E-state index in [9.17, 15) is 13.2 Å². The summed E-state index contributed by atoms with van der Waals surface area (Å²) in [6.45, 7) is 1.91. The maximum atomic E-state index is 13.1. The molecule has 31 heavy (non-hydrogen) atoms. The molecule has 0 bridgehead atoms. The summed E-state index contributed by atoms with van der Waals surface area (Å²) in [6, 6.07) is 6.19. The van der Waals surface area contributed by atoms with Crippen LogP contribution < -0.4 is 10.6 Å². The van der Waals surface area contributed by atoms with Crippen molar-refractivity contribution < 1.29 is 13.2 Å². The van der Waals surface area contributed by atoms with Crippen LogP contribution in [-0.4, -0.2) is 59.0 Å². The number of aromatic amines is 1. The Morgan fingerprint density at radius 2 is 2.00 bits per heavy atom. The first kappa shape index (κ1) is 21.6. The lowest BCUT2D eigenvalue weighted by Gasteiger charge is -2.31. The zero-order chi connectivity index (χ0) is 22.0. The van der Waals surface area contributed by atoms with Crippen molar-refractivity contribution in [2.24, 2.45) is 0 Å². The maximum Gasteiger partial charge on any atom is 0.253 e. The highest BCUT2D eigenvalue weighted by molar-refractivity contribution is 7.90. The zero-order valence-electron chi connectivity index (χ0n) is 17.8. The van der Waals surface area contributed by atoms with Gasteiger partial charge in [0.05, 0.1) is 23.2 Å². The van der Waals surface area contributed by atoms with E-state index in [0.717, 1.165) is 42.3 Å². The molecule has 0 spiro atoms. The van der Waals surface area contributed by atoms with Gasteiger partial charge in [0.2, 0.25) is 0 Å². The molecule has 1 saturated carbocycles. The summed E-state index contributed by atoms with van der Waals surface area (Å²) in [4.78, 5) is 20.4. The first-order valence-electron chi connectivity index (χ1n) is 10.6. The smallest absolute Gasteiger partial charge is 0.253 e. The van der Waals surface area contributed by atoms with Gasteiger partial charge in [-0.1, -0.05) is 0 Å². The van der Waals surface area contributed by atoms with Gasteiger partial charge in [-0.25, -0.2) is 13.4 Å². The summed E-state index contributed by atoms with van der Waals surface area (Å²) < 4.78 is 24.8. The average molecular weight is 444 g/mol. The highest BCUT2D eigenvalue weighted by Gasteiger charge is 2.25. The van der Waals surface area contributed by atoms with Gasteiger partial charge in [0.15, 0.2) is 0 Å². The van der Waals surface area contributed by atoms with Crippen LogP contribution in [0.4, 0.5) is 0 Å². The number of nitrogens with one attached hydrogen (secondary N) is 3. The molecular formula is C22H29N5O3S. The van der Waals surface area contributed by atoms with Crippen LogP contribution in [0.5, 0.6) is 0 Å². The second-order valence-electron chi connectivity index (χ2n) is 8.59. The molecule has 0 saturated heterocycles. The number of amides is 1. The molecule has 9 heteroatoms. The minimum atomic E-state index is -2.99. The third kappa shape index (κ3) is 5.34. The van der Waals surface area contributed by atoms with Crippen LogP contribution in [0.2, 0.25) is 0 Å². The Morgan fingerprint density at radius 1 is 1.26 bits per heavy atom. The molecule has 3 N–H and O–H groups in total. The van der Waals surface area contributed by atoms with E-state index < -0.39 is 9.84 Å². The number of hydrogen-bond donors (Lipinski definition) is 3. The number of benzene rings is 1. The van der Waals surface area contributed by atoms with Crippen molar-refractivity contribution in [3.8, 4) is 5.69 Å². The number of fused-ring (bicyclic) bond motifs is 1. The van der Waals surface area contributed by atoms with Crippen molar-refractivity contribution in [3.63, 3.8) is 0 Å². The molecule has 0 aliphatic heterocycles. The summed E-state index contributed by atoms with van der Waals surface area (Å²) in [5, 5.41) is 7.59. The minimum Gasteiger partial charge on any atom is -0.361 e. The van der Waals surface area contributed by atoms with Crippen molar-refractivity contribution in [2.45, 2.75) is 50.7 Å². The second kappa shape index (κ2) is 8.84. The summed E-state index contributed by atoms with van der Waals surface area (Å²) in [5.74, 6) is 0.0551. The highest BCUT2D eigenvalue weighted by Crippen LogP contribution is 2.24. The summed E-state index contributed by atoms with van der Waals surface area (Å²) in [5.41, 5.74) is 2.34. The van der Waals surface area contributed by atoms with E-state index in [2.05, 4.69) is 20.6 Å². The molecule has 1 fully saturated rings. The molecule has 0 unspecified atom stereocenters. The SMILES string of the molecule is C[C@@H](CS(C)(=O)=O)NC1CCC(NC(=O)c2cc(-n3ccnc3)cc3cc[nH]c23)CC1. The topological polar surface area (TPSA) is 109 Å². The molecule has 2 heterocycles. The average Bonchev–Trinajstić information content (AvgIpc) is 3.39. The number of imidazole rings is 1. The fourth-order valence-corrected chi connectivity index (χ4v) is 5.47. The number of nitrogens with zero attached hydrogens (tertiary/aromatic N) is 2. The number of carbonyl (C=O) groups excluding carboxylic acids is 1. The van der Waals surface area contributed by atoms with Crippen molar-refractivity contribution in [1.82, 2.24) is 25.2 Å². The molecule has 166 valence electrons. The summed E-state index contributed by atoms with van der Waals surface area (Å²) in [7, 11) is -2.99. The van der Waals surface area contributed by atoms with E-state index in [0.29, 0.717) is 5.56 Å². The molecule has 1 aliphatic rings. The molecule has 1 amide bonds. The fourth-order valence-electron chi connectivity index (χ4n) is 4.47. The van der Waals surface area contributed by atoms with Gasteiger partial charge >= 0.3 is 0 Å². The molecular weight excluding hydrogens is 414 g/mol. The largest absolute Gasteiger partial charge is 0.361 e. The van der Waals surface area contributed by atoms with Gasteiger partial charge in [0, 0.05) is 54.0 Å². The first-order chi connectivity index (χ1) is 14.8.